The van der Waals surface area contributed by atoms with Crippen LogP contribution in [-0.4, -0.2) is 18.7 Å². The van der Waals surface area contributed by atoms with Gasteiger partial charge < -0.3 is 9.47 Å². The summed E-state index contributed by atoms with van der Waals surface area (Å²) in [6.07, 6.45) is 2.90. The molecule has 1 atom stereocenters. The van der Waals surface area contributed by atoms with Crippen molar-refractivity contribution in [1.82, 2.24) is 0 Å². The average Bonchev–Trinajstić information content (AvgIpc) is 2.62. The summed E-state index contributed by atoms with van der Waals surface area (Å²) in [6, 6.07) is 15.7. The monoisotopic (exact) mass is 360 g/mol. The summed E-state index contributed by atoms with van der Waals surface area (Å²) in [4.78, 5) is 12.0. The maximum Gasteiger partial charge on any atom is 0.347 e. The molecular formula is C21H25ClO3. The molecule has 0 aliphatic carbocycles. The van der Waals surface area contributed by atoms with E-state index in [0.717, 1.165) is 24.3 Å². The van der Waals surface area contributed by atoms with E-state index in [9.17, 15) is 4.79 Å². The molecule has 134 valence electrons. The highest BCUT2D eigenvalue weighted by Crippen LogP contribution is 2.19. The quantitative estimate of drug-likeness (QED) is 0.559. The molecule has 0 bridgehead atoms. The van der Waals surface area contributed by atoms with E-state index in [2.05, 4.69) is 6.92 Å². The van der Waals surface area contributed by atoms with E-state index in [-0.39, 0.29) is 5.97 Å². The van der Waals surface area contributed by atoms with Gasteiger partial charge in [0.1, 0.15) is 5.75 Å². The molecule has 0 N–H and O–H groups in total. The van der Waals surface area contributed by atoms with Gasteiger partial charge in [-0.1, -0.05) is 49.2 Å². The number of unbranched alkanes of at least 4 members (excludes halogenated alkanes) is 1. The van der Waals surface area contributed by atoms with Crippen LogP contribution in [0.4, 0.5) is 0 Å². The van der Waals surface area contributed by atoms with Gasteiger partial charge in [0.25, 0.3) is 0 Å². The number of carbonyl (C=O) groups excluding carboxylic acids is 1. The molecule has 0 aliphatic rings. The van der Waals surface area contributed by atoms with Crippen molar-refractivity contribution in [2.75, 3.05) is 6.61 Å². The Bertz CT molecular complexity index is 650. The van der Waals surface area contributed by atoms with E-state index in [1.165, 1.54) is 11.1 Å². The predicted octanol–water partition coefficient (Wildman–Crippen LogP) is 5.43. The number of hydrogen-bond donors (Lipinski definition) is 0. The van der Waals surface area contributed by atoms with E-state index in [1.807, 2.05) is 48.5 Å². The fourth-order valence-electron chi connectivity index (χ4n) is 2.54. The molecule has 0 heterocycles. The molecule has 2 aromatic rings. The number of carbonyl (C=O) groups is 1. The third-order valence-electron chi connectivity index (χ3n) is 3.89. The molecule has 0 aliphatic heterocycles. The molecule has 2 aromatic carbocycles. The second-order valence-electron chi connectivity index (χ2n) is 5.95. The zero-order chi connectivity index (χ0) is 18.1. The normalized spacial score (nSPS) is 11.8. The summed E-state index contributed by atoms with van der Waals surface area (Å²) in [7, 11) is 0. The topological polar surface area (TPSA) is 35.5 Å². The van der Waals surface area contributed by atoms with Crippen LogP contribution in [0.2, 0.25) is 5.02 Å². The van der Waals surface area contributed by atoms with Crippen LogP contribution in [0.25, 0.3) is 0 Å². The van der Waals surface area contributed by atoms with Gasteiger partial charge in [-0.05, 0) is 61.6 Å². The predicted molar refractivity (Wildman–Crippen MR) is 101 cm³/mol. The average molecular weight is 361 g/mol. The molecule has 0 saturated carbocycles. The molecule has 25 heavy (non-hydrogen) atoms. The number of hydrogen-bond acceptors (Lipinski definition) is 3. The van der Waals surface area contributed by atoms with Gasteiger partial charge in [-0.15, -0.1) is 0 Å². The zero-order valence-electron chi connectivity index (χ0n) is 14.8. The lowest BCUT2D eigenvalue weighted by Gasteiger charge is -2.17. The minimum Gasteiger partial charge on any atom is -0.479 e. The second kappa shape index (κ2) is 10.1. The number of benzene rings is 2. The van der Waals surface area contributed by atoms with Crippen LogP contribution >= 0.6 is 11.6 Å². The van der Waals surface area contributed by atoms with E-state index in [0.29, 0.717) is 18.8 Å². The molecule has 1 unspecified atom stereocenters. The summed E-state index contributed by atoms with van der Waals surface area (Å²) in [5.74, 6) is 0.398. The van der Waals surface area contributed by atoms with Gasteiger partial charge in [0.15, 0.2) is 6.10 Å². The fourth-order valence-corrected chi connectivity index (χ4v) is 2.66. The van der Waals surface area contributed by atoms with Gasteiger partial charge in [-0.25, -0.2) is 4.79 Å². The first kappa shape index (κ1) is 19.3. The van der Waals surface area contributed by atoms with Crippen molar-refractivity contribution in [2.24, 2.45) is 0 Å². The molecule has 4 heteroatoms. The standard InChI is InChI=1S/C21H25ClO3/c1-3-5-6-20(21(23)24-4-2)25-19-13-9-17(10-14-19)15-16-7-11-18(22)12-8-16/h7-14,20H,3-6,15H2,1-2H3. The largest absolute Gasteiger partial charge is 0.479 e. The molecule has 0 saturated heterocycles. The van der Waals surface area contributed by atoms with Crippen LogP contribution in [0.3, 0.4) is 0 Å². The van der Waals surface area contributed by atoms with Crippen LogP contribution in [0.5, 0.6) is 5.75 Å². The van der Waals surface area contributed by atoms with Crippen molar-refractivity contribution < 1.29 is 14.3 Å². The Morgan fingerprint density at radius 2 is 1.60 bits per heavy atom. The second-order valence-corrected chi connectivity index (χ2v) is 6.38. The Morgan fingerprint density at radius 3 is 2.16 bits per heavy atom. The summed E-state index contributed by atoms with van der Waals surface area (Å²) < 4.78 is 11.0. The minimum absolute atomic E-state index is 0.291. The first-order valence-electron chi connectivity index (χ1n) is 8.79. The van der Waals surface area contributed by atoms with Gasteiger partial charge in [0, 0.05) is 5.02 Å². The zero-order valence-corrected chi connectivity index (χ0v) is 15.6. The fraction of sp³-hybridized carbons (Fsp3) is 0.381. The number of esters is 1. The summed E-state index contributed by atoms with van der Waals surface area (Å²) in [6.45, 7) is 4.26. The maximum atomic E-state index is 12.0. The van der Waals surface area contributed by atoms with Gasteiger partial charge in [0.2, 0.25) is 0 Å². The lowest BCUT2D eigenvalue weighted by Crippen LogP contribution is -2.29. The molecule has 0 amide bonds. The van der Waals surface area contributed by atoms with Crippen LogP contribution < -0.4 is 4.74 Å². The van der Waals surface area contributed by atoms with Crippen molar-refractivity contribution in [2.45, 2.75) is 45.6 Å². The van der Waals surface area contributed by atoms with Crippen LogP contribution in [0, 0.1) is 0 Å². The number of rotatable bonds is 9. The van der Waals surface area contributed by atoms with Crippen molar-refractivity contribution in [1.29, 1.82) is 0 Å². The Hall–Kier alpha value is -2.00. The molecule has 3 nitrogen and oxygen atoms in total. The van der Waals surface area contributed by atoms with Crippen molar-refractivity contribution in [3.8, 4) is 5.75 Å². The first-order valence-corrected chi connectivity index (χ1v) is 9.16. The van der Waals surface area contributed by atoms with Crippen LogP contribution in [-0.2, 0) is 16.0 Å². The third kappa shape index (κ3) is 6.43. The van der Waals surface area contributed by atoms with Crippen LogP contribution in [0.15, 0.2) is 48.5 Å². The lowest BCUT2D eigenvalue weighted by atomic mass is 10.1. The Balaban J connectivity index is 1.99. The van der Waals surface area contributed by atoms with Gasteiger partial charge in [-0.3, -0.25) is 0 Å². The highest BCUT2D eigenvalue weighted by atomic mass is 35.5. The SMILES string of the molecule is CCCCC(Oc1ccc(Cc2ccc(Cl)cc2)cc1)C(=O)OCC. The van der Waals surface area contributed by atoms with E-state index >= 15 is 0 Å². The van der Waals surface area contributed by atoms with E-state index in [1.54, 1.807) is 6.92 Å². The van der Waals surface area contributed by atoms with E-state index < -0.39 is 6.10 Å². The Kier molecular flexibility index (Phi) is 7.80. The van der Waals surface area contributed by atoms with Gasteiger partial charge >= 0.3 is 5.97 Å². The number of halogens is 1. The Morgan fingerprint density at radius 1 is 1.00 bits per heavy atom. The van der Waals surface area contributed by atoms with Crippen molar-refractivity contribution in [3.05, 3.63) is 64.7 Å². The van der Waals surface area contributed by atoms with Crippen molar-refractivity contribution in [3.63, 3.8) is 0 Å². The van der Waals surface area contributed by atoms with E-state index in [4.69, 9.17) is 21.1 Å². The smallest absolute Gasteiger partial charge is 0.347 e. The molecule has 0 radical (unpaired) electrons. The summed E-state index contributed by atoms with van der Waals surface area (Å²) in [5, 5.41) is 0.740. The van der Waals surface area contributed by atoms with Gasteiger partial charge in [0.05, 0.1) is 6.61 Å². The highest BCUT2D eigenvalue weighted by Gasteiger charge is 2.21. The Labute approximate surface area is 154 Å². The molecule has 2 rings (SSSR count). The summed E-state index contributed by atoms with van der Waals surface area (Å²) in [5.41, 5.74) is 2.38. The number of ether oxygens (including phenoxy) is 2. The molecule has 0 fully saturated rings. The summed E-state index contributed by atoms with van der Waals surface area (Å²) >= 11 is 5.91. The lowest BCUT2D eigenvalue weighted by molar-refractivity contribution is -0.151. The molecular weight excluding hydrogens is 336 g/mol. The molecule has 0 spiro atoms. The highest BCUT2D eigenvalue weighted by molar-refractivity contribution is 6.30. The minimum atomic E-state index is -0.540. The van der Waals surface area contributed by atoms with Gasteiger partial charge in [-0.2, -0.15) is 0 Å². The molecule has 0 aromatic heterocycles. The maximum absolute atomic E-state index is 12.0. The van der Waals surface area contributed by atoms with Crippen LogP contribution in [0.1, 0.15) is 44.2 Å². The van der Waals surface area contributed by atoms with Crippen molar-refractivity contribution >= 4 is 17.6 Å². The third-order valence-corrected chi connectivity index (χ3v) is 4.14. The first-order chi connectivity index (χ1) is 12.1.